The van der Waals surface area contributed by atoms with Gasteiger partial charge < -0.3 is 14.6 Å². The van der Waals surface area contributed by atoms with Gasteiger partial charge in [0.1, 0.15) is 18.1 Å². The molecular weight excluding hydrogens is 272 g/mol. The largest absolute Gasteiger partial charge is 0.497 e. The fourth-order valence-corrected chi connectivity index (χ4v) is 1.71. The van der Waals surface area contributed by atoms with Crippen LogP contribution in [0.25, 0.3) is 0 Å². The van der Waals surface area contributed by atoms with E-state index in [1.807, 2.05) is 12.1 Å². The Morgan fingerprint density at radius 1 is 1.33 bits per heavy atom. The summed E-state index contributed by atoms with van der Waals surface area (Å²) < 4.78 is 9.73. The molecule has 0 fully saturated rings. The van der Waals surface area contributed by atoms with Gasteiger partial charge in [0.15, 0.2) is 6.10 Å². The van der Waals surface area contributed by atoms with Gasteiger partial charge in [0, 0.05) is 12.8 Å². The van der Waals surface area contributed by atoms with Crippen LogP contribution >= 0.6 is 0 Å². The van der Waals surface area contributed by atoms with Crippen LogP contribution in [0, 0.1) is 0 Å². The normalized spacial score (nSPS) is 11.5. The zero-order chi connectivity index (χ0) is 15.7. The molecule has 0 saturated heterocycles. The van der Waals surface area contributed by atoms with Gasteiger partial charge in [-0.3, -0.25) is 4.79 Å². The number of benzene rings is 1. The first-order chi connectivity index (χ1) is 10.1. The van der Waals surface area contributed by atoms with Crippen LogP contribution in [0.3, 0.4) is 0 Å². The Morgan fingerprint density at radius 3 is 2.57 bits per heavy atom. The highest BCUT2D eigenvalue weighted by Gasteiger charge is 2.17. The second-order valence-electron chi connectivity index (χ2n) is 4.54. The maximum atomic E-state index is 11.8. The van der Waals surface area contributed by atoms with Crippen molar-refractivity contribution in [3.8, 4) is 5.75 Å². The van der Waals surface area contributed by atoms with Crippen LogP contribution in [0.4, 0.5) is 0 Å². The summed E-state index contributed by atoms with van der Waals surface area (Å²) in [6.07, 6.45) is 0.587. The van der Waals surface area contributed by atoms with E-state index in [-0.39, 0.29) is 31.7 Å². The van der Waals surface area contributed by atoms with E-state index >= 15 is 0 Å². The summed E-state index contributed by atoms with van der Waals surface area (Å²) in [6.45, 7) is 3.45. The van der Waals surface area contributed by atoms with Crippen LogP contribution in [-0.4, -0.2) is 36.7 Å². The summed E-state index contributed by atoms with van der Waals surface area (Å²) in [5.74, 6) is -0.0468. The van der Waals surface area contributed by atoms with Crippen LogP contribution in [0.15, 0.2) is 36.9 Å². The fraction of sp³-hybridized carbons (Fsp3) is 0.375. The van der Waals surface area contributed by atoms with Crippen LogP contribution in [-0.2, 0) is 20.7 Å². The van der Waals surface area contributed by atoms with Crippen molar-refractivity contribution in [2.75, 3.05) is 13.7 Å². The second-order valence-corrected chi connectivity index (χ2v) is 4.54. The molecule has 1 unspecified atom stereocenters. The molecule has 5 nitrogen and oxygen atoms in total. The molecule has 0 aliphatic rings. The number of rotatable bonds is 9. The number of esters is 1. The maximum Gasteiger partial charge on any atom is 0.335 e. The Kier molecular flexibility index (Phi) is 7.18. The van der Waals surface area contributed by atoms with E-state index in [9.17, 15) is 14.7 Å². The van der Waals surface area contributed by atoms with Crippen molar-refractivity contribution in [3.05, 3.63) is 42.5 Å². The molecule has 1 rings (SSSR count). The second kappa shape index (κ2) is 8.92. The lowest BCUT2D eigenvalue weighted by Gasteiger charge is -2.09. The van der Waals surface area contributed by atoms with Crippen LogP contribution in [0.1, 0.15) is 18.4 Å². The number of carbonyl (C=O) groups is 2. The zero-order valence-electron chi connectivity index (χ0n) is 12.1. The molecule has 0 aliphatic heterocycles. The molecule has 0 saturated carbocycles. The maximum absolute atomic E-state index is 11.8. The first-order valence-corrected chi connectivity index (χ1v) is 6.67. The number of Topliss-reactive ketones (excluding diaryl/α,β-unsaturated/α-hetero) is 1. The Bertz CT molecular complexity index is 478. The lowest BCUT2D eigenvalue weighted by atomic mass is 10.0. The van der Waals surface area contributed by atoms with Crippen LogP contribution in [0.2, 0.25) is 0 Å². The highest BCUT2D eigenvalue weighted by Crippen LogP contribution is 2.13. The average Bonchev–Trinajstić information content (AvgIpc) is 2.50. The number of aliphatic hydroxyl groups is 1. The first-order valence-electron chi connectivity index (χ1n) is 6.67. The molecule has 0 heterocycles. The predicted molar refractivity (Wildman–Crippen MR) is 78.1 cm³/mol. The van der Waals surface area contributed by atoms with Gasteiger partial charge in [-0.15, -0.1) is 0 Å². The molecule has 114 valence electrons. The average molecular weight is 292 g/mol. The molecular formula is C16H20O5. The minimum Gasteiger partial charge on any atom is -0.497 e. The SMILES string of the molecule is C=CCOC(=O)C(O)CCC(=O)Cc1ccc(OC)cc1. The van der Waals surface area contributed by atoms with Gasteiger partial charge in [0.05, 0.1) is 7.11 Å². The molecule has 0 bridgehead atoms. The van der Waals surface area contributed by atoms with Gasteiger partial charge >= 0.3 is 5.97 Å². The lowest BCUT2D eigenvalue weighted by Crippen LogP contribution is -2.24. The molecule has 0 radical (unpaired) electrons. The fourth-order valence-electron chi connectivity index (χ4n) is 1.71. The number of hydrogen-bond donors (Lipinski definition) is 1. The molecule has 1 aromatic rings. The van der Waals surface area contributed by atoms with Crippen molar-refractivity contribution >= 4 is 11.8 Å². The Balaban J connectivity index is 2.35. The topological polar surface area (TPSA) is 72.8 Å². The molecule has 0 aromatic heterocycles. The number of aliphatic hydroxyl groups excluding tert-OH is 1. The van der Waals surface area contributed by atoms with E-state index in [1.54, 1.807) is 19.2 Å². The smallest absolute Gasteiger partial charge is 0.335 e. The number of methoxy groups -OCH3 is 1. The Morgan fingerprint density at radius 2 is 2.00 bits per heavy atom. The van der Waals surface area contributed by atoms with Gasteiger partial charge in [-0.05, 0) is 24.1 Å². The van der Waals surface area contributed by atoms with Gasteiger partial charge in [0.25, 0.3) is 0 Å². The molecule has 0 spiro atoms. The van der Waals surface area contributed by atoms with Gasteiger partial charge in [-0.2, -0.15) is 0 Å². The Labute approximate surface area is 124 Å². The van der Waals surface area contributed by atoms with E-state index in [4.69, 9.17) is 9.47 Å². The first kappa shape index (κ1) is 16.9. The van der Waals surface area contributed by atoms with Crippen molar-refractivity contribution in [2.24, 2.45) is 0 Å². The molecule has 5 heteroatoms. The van der Waals surface area contributed by atoms with Crippen molar-refractivity contribution in [3.63, 3.8) is 0 Å². The summed E-state index contributed by atoms with van der Waals surface area (Å²) in [5, 5.41) is 9.55. The molecule has 0 amide bonds. The van der Waals surface area contributed by atoms with Crippen LogP contribution < -0.4 is 4.74 Å². The lowest BCUT2D eigenvalue weighted by molar-refractivity contribution is -0.152. The number of ether oxygens (including phenoxy) is 2. The monoisotopic (exact) mass is 292 g/mol. The number of carbonyl (C=O) groups excluding carboxylic acids is 2. The molecule has 1 aromatic carbocycles. The minimum absolute atomic E-state index is 0.0456. The van der Waals surface area contributed by atoms with E-state index in [0.717, 1.165) is 11.3 Å². The predicted octanol–water partition coefficient (Wildman–Crippen LogP) is 1.68. The third-order valence-corrected chi connectivity index (χ3v) is 2.87. The van der Waals surface area contributed by atoms with Crippen molar-refractivity contribution in [1.82, 2.24) is 0 Å². The third-order valence-electron chi connectivity index (χ3n) is 2.87. The summed E-state index contributed by atoms with van der Waals surface area (Å²) in [6, 6.07) is 7.19. The molecule has 21 heavy (non-hydrogen) atoms. The van der Waals surface area contributed by atoms with E-state index in [0.29, 0.717) is 0 Å². The third kappa shape index (κ3) is 6.23. The van der Waals surface area contributed by atoms with E-state index in [2.05, 4.69) is 6.58 Å². The quantitative estimate of drug-likeness (QED) is 0.554. The summed E-state index contributed by atoms with van der Waals surface area (Å²) in [7, 11) is 1.58. The van der Waals surface area contributed by atoms with Gasteiger partial charge in [-0.25, -0.2) is 4.79 Å². The number of ketones is 1. The van der Waals surface area contributed by atoms with Gasteiger partial charge in [0.2, 0.25) is 0 Å². The van der Waals surface area contributed by atoms with Crippen LogP contribution in [0.5, 0.6) is 5.75 Å². The summed E-state index contributed by atoms with van der Waals surface area (Å²) >= 11 is 0. The number of hydrogen-bond acceptors (Lipinski definition) is 5. The molecule has 0 aliphatic carbocycles. The molecule has 1 atom stereocenters. The summed E-state index contributed by atoms with van der Waals surface area (Å²) in [4.78, 5) is 23.1. The zero-order valence-corrected chi connectivity index (χ0v) is 12.1. The van der Waals surface area contributed by atoms with Crippen molar-refractivity contribution < 1.29 is 24.2 Å². The minimum atomic E-state index is -1.27. The standard InChI is InChI=1S/C16H20O5/c1-3-10-21-16(19)15(18)9-6-13(17)11-12-4-7-14(20-2)8-5-12/h3-5,7-8,15,18H,1,6,9-11H2,2H3. The van der Waals surface area contributed by atoms with E-state index < -0.39 is 12.1 Å². The van der Waals surface area contributed by atoms with Crippen molar-refractivity contribution in [1.29, 1.82) is 0 Å². The van der Waals surface area contributed by atoms with Crippen molar-refractivity contribution in [2.45, 2.75) is 25.4 Å². The molecule has 1 N–H and O–H groups in total. The van der Waals surface area contributed by atoms with Gasteiger partial charge in [-0.1, -0.05) is 24.8 Å². The highest BCUT2D eigenvalue weighted by molar-refractivity contribution is 5.82. The summed E-state index contributed by atoms with van der Waals surface area (Å²) in [5.41, 5.74) is 0.865. The highest BCUT2D eigenvalue weighted by atomic mass is 16.5. The van der Waals surface area contributed by atoms with E-state index in [1.165, 1.54) is 6.08 Å². The Hall–Kier alpha value is -2.14.